The van der Waals surface area contributed by atoms with Gasteiger partial charge < -0.3 is 14.7 Å². The maximum absolute atomic E-state index is 13.7. The molecule has 1 amide bonds. The Kier molecular flexibility index (Phi) is 8.65. The van der Waals surface area contributed by atoms with Gasteiger partial charge in [0.15, 0.2) is 0 Å². The Morgan fingerprint density at radius 2 is 1.87 bits per heavy atom. The molecule has 10 heteroatoms. The molecular weight excluding hydrogens is 521 g/mol. The lowest BCUT2D eigenvalue weighted by Gasteiger charge is -2.37. The van der Waals surface area contributed by atoms with Gasteiger partial charge in [-0.05, 0) is 61.5 Å². The summed E-state index contributed by atoms with van der Waals surface area (Å²) in [5.41, 5.74) is 1.39. The molecule has 39 heavy (non-hydrogen) atoms. The Bertz CT molecular complexity index is 1490. The van der Waals surface area contributed by atoms with E-state index in [1.54, 1.807) is 62.6 Å². The SMILES string of the molecule is C[C@H](CO)N1C[C@H](C)[C@@H](CN(C)C(=O)c2ccccn2)Oc2cc(C#Cc3ccc(F)cc3)ccc2S1(=O)=O. The maximum Gasteiger partial charge on any atom is 0.272 e. The van der Waals surface area contributed by atoms with Crippen molar-refractivity contribution in [3.8, 4) is 17.6 Å². The van der Waals surface area contributed by atoms with Crippen molar-refractivity contribution >= 4 is 15.9 Å². The minimum Gasteiger partial charge on any atom is -0.487 e. The zero-order valence-electron chi connectivity index (χ0n) is 21.9. The van der Waals surface area contributed by atoms with Crippen LogP contribution in [0.2, 0.25) is 0 Å². The highest BCUT2D eigenvalue weighted by atomic mass is 32.2. The minimum absolute atomic E-state index is 0.0502. The van der Waals surface area contributed by atoms with Crippen LogP contribution >= 0.6 is 0 Å². The summed E-state index contributed by atoms with van der Waals surface area (Å²) in [6.07, 6.45) is 0.963. The van der Waals surface area contributed by atoms with Gasteiger partial charge in [0, 0.05) is 42.9 Å². The van der Waals surface area contributed by atoms with E-state index in [9.17, 15) is 22.7 Å². The number of fused-ring (bicyclic) bond motifs is 1. The van der Waals surface area contributed by atoms with E-state index in [0.29, 0.717) is 11.1 Å². The van der Waals surface area contributed by atoms with Gasteiger partial charge in [-0.2, -0.15) is 4.31 Å². The molecule has 1 aliphatic rings. The molecule has 0 saturated heterocycles. The van der Waals surface area contributed by atoms with E-state index < -0.39 is 22.2 Å². The van der Waals surface area contributed by atoms with Gasteiger partial charge in [0.25, 0.3) is 5.91 Å². The molecule has 204 valence electrons. The number of ether oxygens (including phenoxy) is 1. The van der Waals surface area contributed by atoms with E-state index >= 15 is 0 Å². The van der Waals surface area contributed by atoms with Crippen molar-refractivity contribution in [1.82, 2.24) is 14.2 Å². The van der Waals surface area contributed by atoms with Crippen LogP contribution in [0.5, 0.6) is 5.75 Å². The summed E-state index contributed by atoms with van der Waals surface area (Å²) in [5, 5.41) is 9.83. The lowest BCUT2D eigenvalue weighted by atomic mass is 10.0. The lowest BCUT2D eigenvalue weighted by Crippen LogP contribution is -2.50. The van der Waals surface area contributed by atoms with Crippen LogP contribution in [-0.2, 0) is 10.0 Å². The van der Waals surface area contributed by atoms with Gasteiger partial charge in [-0.3, -0.25) is 9.78 Å². The predicted octanol–water partition coefficient (Wildman–Crippen LogP) is 3.16. The quantitative estimate of drug-likeness (QED) is 0.489. The number of amides is 1. The van der Waals surface area contributed by atoms with Gasteiger partial charge in [0.1, 0.15) is 28.3 Å². The lowest BCUT2D eigenvalue weighted by molar-refractivity contribution is 0.0559. The molecule has 0 saturated carbocycles. The fraction of sp³-hybridized carbons (Fsp3) is 0.310. The Morgan fingerprint density at radius 1 is 1.18 bits per heavy atom. The molecular formula is C29H30FN3O5S. The molecule has 1 N–H and O–H groups in total. The third-order valence-corrected chi connectivity index (χ3v) is 8.57. The van der Waals surface area contributed by atoms with Gasteiger partial charge in [-0.15, -0.1) is 0 Å². The number of carbonyl (C=O) groups excluding carboxylic acids is 1. The highest BCUT2D eigenvalue weighted by molar-refractivity contribution is 7.89. The van der Waals surface area contributed by atoms with Crippen molar-refractivity contribution in [2.24, 2.45) is 5.92 Å². The number of aliphatic hydroxyl groups is 1. The number of aliphatic hydroxyl groups excluding tert-OH is 1. The maximum atomic E-state index is 13.7. The third kappa shape index (κ3) is 6.45. The summed E-state index contributed by atoms with van der Waals surface area (Å²) >= 11 is 0. The molecule has 0 radical (unpaired) electrons. The van der Waals surface area contributed by atoms with Crippen LogP contribution in [0.1, 0.15) is 35.5 Å². The number of halogens is 1. The van der Waals surface area contributed by atoms with Gasteiger partial charge in [-0.25, -0.2) is 12.8 Å². The first-order valence-electron chi connectivity index (χ1n) is 12.5. The third-order valence-electron chi connectivity index (χ3n) is 6.55. The smallest absolute Gasteiger partial charge is 0.272 e. The summed E-state index contributed by atoms with van der Waals surface area (Å²) in [6.45, 7) is 3.39. The summed E-state index contributed by atoms with van der Waals surface area (Å²) in [5.74, 6) is 5.02. The molecule has 8 nitrogen and oxygen atoms in total. The largest absolute Gasteiger partial charge is 0.487 e. The topological polar surface area (TPSA) is 100 Å². The van der Waals surface area contributed by atoms with Crippen LogP contribution in [0.3, 0.4) is 0 Å². The molecule has 2 heterocycles. The Hall–Kier alpha value is -3.78. The van der Waals surface area contributed by atoms with Gasteiger partial charge in [0.05, 0.1) is 13.2 Å². The standard InChI is InChI=1S/C29H30FN3O5S/c1-20-17-33(21(2)19-34)39(36,37)28-14-11-23(8-7-22-9-12-24(30)13-10-22)16-26(28)38-27(20)18-32(3)29(35)25-6-4-5-15-31-25/h4-6,9-16,20-21,27,34H,17-19H2,1-3H3/t20-,21+,27+/m0/s1. The molecule has 0 unspecified atom stereocenters. The average Bonchev–Trinajstić information content (AvgIpc) is 2.94. The summed E-state index contributed by atoms with van der Waals surface area (Å²) in [6, 6.07) is 14.7. The van der Waals surface area contributed by atoms with Gasteiger partial charge >= 0.3 is 0 Å². The van der Waals surface area contributed by atoms with E-state index in [-0.39, 0.29) is 53.7 Å². The number of likely N-dealkylation sites (N-methyl/N-ethyl adjacent to an activating group) is 1. The number of hydrogen-bond donors (Lipinski definition) is 1. The normalized spacial score (nSPS) is 19.3. The monoisotopic (exact) mass is 551 g/mol. The predicted molar refractivity (Wildman–Crippen MR) is 144 cm³/mol. The summed E-state index contributed by atoms with van der Waals surface area (Å²) in [4.78, 5) is 18.5. The van der Waals surface area contributed by atoms with E-state index in [2.05, 4.69) is 16.8 Å². The van der Waals surface area contributed by atoms with E-state index in [1.807, 2.05) is 6.92 Å². The van der Waals surface area contributed by atoms with Crippen LogP contribution in [0.4, 0.5) is 4.39 Å². The second-order valence-corrected chi connectivity index (χ2v) is 11.4. The molecule has 3 atom stereocenters. The number of sulfonamides is 1. The zero-order chi connectivity index (χ0) is 28.2. The second kappa shape index (κ2) is 11.9. The fourth-order valence-electron chi connectivity index (χ4n) is 4.24. The molecule has 2 aromatic carbocycles. The fourth-order valence-corrected chi connectivity index (χ4v) is 6.06. The number of carbonyl (C=O) groups is 1. The van der Waals surface area contributed by atoms with Crippen LogP contribution in [0.15, 0.2) is 71.8 Å². The first-order chi connectivity index (χ1) is 18.6. The van der Waals surface area contributed by atoms with Gasteiger partial charge in [-0.1, -0.05) is 24.8 Å². The summed E-state index contributed by atoms with van der Waals surface area (Å²) < 4.78 is 48.1. The summed E-state index contributed by atoms with van der Waals surface area (Å²) in [7, 11) is -2.38. The van der Waals surface area contributed by atoms with Gasteiger partial charge in [0.2, 0.25) is 10.0 Å². The first kappa shape index (κ1) is 28.2. The van der Waals surface area contributed by atoms with E-state index in [1.165, 1.54) is 27.4 Å². The van der Waals surface area contributed by atoms with E-state index in [4.69, 9.17) is 4.74 Å². The number of nitrogens with zero attached hydrogens (tertiary/aromatic N) is 3. The number of benzene rings is 2. The van der Waals surface area contributed by atoms with Crippen molar-refractivity contribution in [2.75, 3.05) is 26.7 Å². The number of hydrogen-bond acceptors (Lipinski definition) is 6. The molecule has 3 aromatic rings. The van der Waals surface area contributed by atoms with Crippen molar-refractivity contribution in [2.45, 2.75) is 30.9 Å². The molecule has 0 bridgehead atoms. The van der Waals surface area contributed by atoms with Crippen LogP contribution in [0, 0.1) is 23.6 Å². The first-order valence-corrected chi connectivity index (χ1v) is 13.9. The Balaban J connectivity index is 1.71. The molecule has 0 aliphatic carbocycles. The zero-order valence-corrected chi connectivity index (χ0v) is 22.7. The van der Waals surface area contributed by atoms with Crippen LogP contribution in [-0.4, -0.2) is 72.5 Å². The second-order valence-electron chi connectivity index (χ2n) is 9.56. The van der Waals surface area contributed by atoms with E-state index in [0.717, 1.165) is 0 Å². The molecule has 0 spiro atoms. The van der Waals surface area contributed by atoms with Crippen LogP contribution in [0.25, 0.3) is 0 Å². The highest BCUT2D eigenvalue weighted by Gasteiger charge is 2.38. The van der Waals surface area contributed by atoms with Crippen molar-refractivity contribution < 1.29 is 27.4 Å². The molecule has 1 aromatic heterocycles. The molecule has 4 rings (SSSR count). The number of rotatable bonds is 5. The number of aromatic nitrogens is 1. The van der Waals surface area contributed by atoms with Crippen LogP contribution < -0.4 is 4.74 Å². The average molecular weight is 552 g/mol. The van der Waals surface area contributed by atoms with Crippen molar-refractivity contribution in [3.05, 3.63) is 89.5 Å². The minimum atomic E-state index is -4.02. The number of pyridine rings is 1. The van der Waals surface area contributed by atoms with Crippen molar-refractivity contribution in [3.63, 3.8) is 0 Å². The Morgan fingerprint density at radius 3 is 2.54 bits per heavy atom. The Labute approximate surface area is 228 Å². The molecule has 1 aliphatic heterocycles. The van der Waals surface area contributed by atoms with Crippen molar-refractivity contribution in [1.29, 1.82) is 0 Å². The highest BCUT2D eigenvalue weighted by Crippen LogP contribution is 2.34. The molecule has 0 fully saturated rings.